The fourth-order valence-corrected chi connectivity index (χ4v) is 2.34. The van der Waals surface area contributed by atoms with Crippen LogP contribution in [-0.2, 0) is 0 Å². The van der Waals surface area contributed by atoms with Crippen LogP contribution in [0.1, 0.15) is 31.2 Å². The molecule has 2 rings (SSSR count). The van der Waals surface area contributed by atoms with Gasteiger partial charge in [0.15, 0.2) is 0 Å². The predicted molar refractivity (Wildman–Crippen MR) is 73.6 cm³/mol. The molecule has 0 spiro atoms. The summed E-state index contributed by atoms with van der Waals surface area (Å²) in [5.74, 6) is 0.503. The monoisotopic (exact) mass is 275 g/mol. The van der Waals surface area contributed by atoms with E-state index >= 15 is 0 Å². The minimum atomic E-state index is -0.561. The second kappa shape index (κ2) is 6.87. The number of hydrogen-bond donors (Lipinski definition) is 1. The number of nitro benzene ring substituents is 1. The molecule has 1 N–H and O–H groups in total. The normalized spacial score (nSPS) is 18.2. The second-order valence-electron chi connectivity index (χ2n) is 4.83. The number of hydrogen-bond acceptors (Lipinski definition) is 5. The SMILES string of the molecule is N#Cc1cc(OCCC2CCCCN2)ccc1[N+](=O)[O-]. The molecule has 0 amide bonds. The van der Waals surface area contributed by atoms with E-state index in [4.69, 9.17) is 10.00 Å². The van der Waals surface area contributed by atoms with Crippen LogP contribution < -0.4 is 10.1 Å². The van der Waals surface area contributed by atoms with Crippen molar-refractivity contribution < 1.29 is 9.66 Å². The number of benzene rings is 1. The van der Waals surface area contributed by atoms with Crippen LogP contribution in [0, 0.1) is 21.4 Å². The Morgan fingerprint density at radius 2 is 2.35 bits per heavy atom. The molecule has 6 nitrogen and oxygen atoms in total. The fourth-order valence-electron chi connectivity index (χ4n) is 2.34. The largest absolute Gasteiger partial charge is 0.493 e. The first-order chi connectivity index (χ1) is 9.70. The van der Waals surface area contributed by atoms with Crippen molar-refractivity contribution in [1.29, 1.82) is 5.26 Å². The van der Waals surface area contributed by atoms with Gasteiger partial charge < -0.3 is 10.1 Å². The maximum Gasteiger partial charge on any atom is 0.287 e. The third kappa shape index (κ3) is 3.68. The van der Waals surface area contributed by atoms with Crippen LogP contribution in [0.2, 0.25) is 0 Å². The van der Waals surface area contributed by atoms with Gasteiger partial charge in [-0.25, -0.2) is 0 Å². The zero-order chi connectivity index (χ0) is 14.4. The molecule has 1 aliphatic heterocycles. The fraction of sp³-hybridized carbons (Fsp3) is 0.500. The summed E-state index contributed by atoms with van der Waals surface area (Å²) in [4.78, 5) is 10.2. The Morgan fingerprint density at radius 3 is 3.00 bits per heavy atom. The van der Waals surface area contributed by atoms with E-state index in [9.17, 15) is 10.1 Å². The van der Waals surface area contributed by atoms with Gasteiger partial charge in [-0.2, -0.15) is 5.26 Å². The standard InChI is InChI=1S/C14H17N3O3/c15-10-11-9-13(4-5-14(11)17(18)19)20-8-6-12-3-1-2-7-16-12/h4-5,9,12,16H,1-3,6-8H2. The number of rotatable bonds is 5. The molecule has 1 aliphatic rings. The van der Waals surface area contributed by atoms with Crippen molar-refractivity contribution in [3.8, 4) is 11.8 Å². The second-order valence-corrected chi connectivity index (χ2v) is 4.83. The average molecular weight is 275 g/mol. The lowest BCUT2D eigenvalue weighted by Gasteiger charge is -2.23. The van der Waals surface area contributed by atoms with Crippen LogP contribution in [0.25, 0.3) is 0 Å². The Balaban J connectivity index is 1.90. The van der Waals surface area contributed by atoms with Gasteiger partial charge >= 0.3 is 0 Å². The summed E-state index contributed by atoms with van der Waals surface area (Å²) in [6, 6.07) is 6.58. The van der Waals surface area contributed by atoms with Gasteiger partial charge in [0.25, 0.3) is 5.69 Å². The van der Waals surface area contributed by atoms with Gasteiger partial charge in [0.05, 0.1) is 11.5 Å². The van der Waals surface area contributed by atoms with E-state index in [0.29, 0.717) is 18.4 Å². The van der Waals surface area contributed by atoms with Crippen LogP contribution in [-0.4, -0.2) is 24.1 Å². The number of nitro groups is 1. The molecule has 1 aromatic carbocycles. The van der Waals surface area contributed by atoms with E-state index in [2.05, 4.69) is 5.32 Å². The van der Waals surface area contributed by atoms with Crippen molar-refractivity contribution in [2.75, 3.05) is 13.2 Å². The summed E-state index contributed by atoms with van der Waals surface area (Å²) < 4.78 is 5.57. The molecule has 20 heavy (non-hydrogen) atoms. The zero-order valence-corrected chi connectivity index (χ0v) is 11.2. The van der Waals surface area contributed by atoms with Crippen LogP contribution >= 0.6 is 0 Å². The number of ether oxygens (including phenoxy) is 1. The van der Waals surface area contributed by atoms with Crippen molar-refractivity contribution in [3.63, 3.8) is 0 Å². The van der Waals surface area contributed by atoms with Crippen LogP contribution in [0.4, 0.5) is 5.69 Å². The third-order valence-corrected chi connectivity index (χ3v) is 3.43. The van der Waals surface area contributed by atoms with Crippen molar-refractivity contribution in [2.24, 2.45) is 0 Å². The molecule has 106 valence electrons. The van der Waals surface area contributed by atoms with E-state index in [-0.39, 0.29) is 11.3 Å². The third-order valence-electron chi connectivity index (χ3n) is 3.43. The molecule has 1 saturated heterocycles. The highest BCUT2D eigenvalue weighted by atomic mass is 16.6. The maximum atomic E-state index is 10.7. The van der Waals surface area contributed by atoms with E-state index in [1.165, 1.54) is 31.0 Å². The molecule has 6 heteroatoms. The number of nitrogens with one attached hydrogen (secondary N) is 1. The molecule has 0 bridgehead atoms. The molecule has 1 aromatic rings. The molecule has 1 fully saturated rings. The Hall–Kier alpha value is -2.13. The Bertz CT molecular complexity index is 519. The Kier molecular flexibility index (Phi) is 4.91. The first kappa shape index (κ1) is 14.3. The van der Waals surface area contributed by atoms with Crippen molar-refractivity contribution >= 4 is 5.69 Å². The molecular weight excluding hydrogens is 258 g/mol. The van der Waals surface area contributed by atoms with Gasteiger partial charge in [-0.1, -0.05) is 6.42 Å². The van der Waals surface area contributed by atoms with E-state index in [1.807, 2.05) is 6.07 Å². The van der Waals surface area contributed by atoms with E-state index in [1.54, 1.807) is 0 Å². The highest BCUT2D eigenvalue weighted by molar-refractivity contribution is 5.52. The smallest absolute Gasteiger partial charge is 0.287 e. The highest BCUT2D eigenvalue weighted by Crippen LogP contribution is 2.23. The van der Waals surface area contributed by atoms with Crippen LogP contribution in [0.5, 0.6) is 5.75 Å². The zero-order valence-electron chi connectivity index (χ0n) is 11.2. The highest BCUT2D eigenvalue weighted by Gasteiger charge is 2.15. The summed E-state index contributed by atoms with van der Waals surface area (Å²) in [5.41, 5.74) is -0.155. The molecule has 0 aliphatic carbocycles. The number of nitrogens with zero attached hydrogens (tertiary/aromatic N) is 2. The summed E-state index contributed by atoms with van der Waals surface area (Å²) in [6.45, 7) is 1.60. The van der Waals surface area contributed by atoms with Crippen molar-refractivity contribution in [1.82, 2.24) is 5.32 Å². The van der Waals surface area contributed by atoms with Crippen molar-refractivity contribution in [2.45, 2.75) is 31.7 Å². The lowest BCUT2D eigenvalue weighted by molar-refractivity contribution is -0.385. The van der Waals surface area contributed by atoms with E-state index < -0.39 is 4.92 Å². The molecule has 1 heterocycles. The molecule has 0 aromatic heterocycles. The van der Waals surface area contributed by atoms with Gasteiger partial charge in [-0.15, -0.1) is 0 Å². The van der Waals surface area contributed by atoms with Gasteiger partial charge in [-0.3, -0.25) is 10.1 Å². The predicted octanol–water partition coefficient (Wildman–Crippen LogP) is 2.38. The quantitative estimate of drug-likeness (QED) is 0.658. The maximum absolute atomic E-state index is 10.7. The van der Waals surface area contributed by atoms with Crippen molar-refractivity contribution in [3.05, 3.63) is 33.9 Å². The lowest BCUT2D eigenvalue weighted by atomic mass is 10.0. The molecule has 1 unspecified atom stereocenters. The minimum Gasteiger partial charge on any atom is -0.493 e. The summed E-state index contributed by atoms with van der Waals surface area (Å²) in [7, 11) is 0. The van der Waals surface area contributed by atoms with E-state index in [0.717, 1.165) is 19.4 Å². The lowest BCUT2D eigenvalue weighted by Crippen LogP contribution is -2.35. The van der Waals surface area contributed by atoms with Crippen LogP contribution in [0.3, 0.4) is 0 Å². The molecule has 0 radical (unpaired) electrons. The van der Waals surface area contributed by atoms with Gasteiger partial charge in [0.1, 0.15) is 17.4 Å². The topological polar surface area (TPSA) is 88.2 Å². The van der Waals surface area contributed by atoms with Gasteiger partial charge in [0.2, 0.25) is 0 Å². The Labute approximate surface area is 117 Å². The Morgan fingerprint density at radius 1 is 1.50 bits per heavy atom. The van der Waals surface area contributed by atoms with Gasteiger partial charge in [-0.05, 0) is 31.9 Å². The summed E-state index contributed by atoms with van der Waals surface area (Å²) in [5, 5.41) is 23.0. The minimum absolute atomic E-state index is 0.0308. The summed E-state index contributed by atoms with van der Waals surface area (Å²) in [6.07, 6.45) is 4.53. The molecule has 1 atom stereocenters. The summed E-state index contributed by atoms with van der Waals surface area (Å²) >= 11 is 0. The molecular formula is C14H17N3O3. The first-order valence-electron chi connectivity index (χ1n) is 6.75. The van der Waals surface area contributed by atoms with Gasteiger partial charge in [0, 0.05) is 18.2 Å². The number of nitriles is 1. The first-order valence-corrected chi connectivity index (χ1v) is 6.75. The number of piperidine rings is 1. The average Bonchev–Trinajstić information content (AvgIpc) is 2.48. The van der Waals surface area contributed by atoms with Crippen LogP contribution in [0.15, 0.2) is 18.2 Å². The molecule has 0 saturated carbocycles.